The minimum atomic E-state index is 0.137. The molecule has 0 atom stereocenters. The van der Waals surface area contributed by atoms with Gasteiger partial charge in [0.2, 0.25) is 11.8 Å². The van der Waals surface area contributed by atoms with Crippen molar-refractivity contribution in [2.75, 3.05) is 26.2 Å². The van der Waals surface area contributed by atoms with Crippen molar-refractivity contribution >= 4 is 22.8 Å². The topological polar surface area (TPSA) is 58.4 Å². The maximum Gasteiger partial charge on any atom is 0.227 e. The van der Waals surface area contributed by atoms with Crippen LogP contribution in [0, 0.1) is 5.92 Å². The highest BCUT2D eigenvalue weighted by Gasteiger charge is 2.30. The van der Waals surface area contributed by atoms with Crippen molar-refractivity contribution in [2.45, 2.75) is 32.1 Å². The maximum absolute atomic E-state index is 12.7. The average Bonchev–Trinajstić information content (AvgIpc) is 2.81. The summed E-state index contributed by atoms with van der Waals surface area (Å²) < 4.78 is 1.98. The summed E-state index contributed by atoms with van der Waals surface area (Å²) in [5.74, 6) is 0.673. The monoisotopic (exact) mass is 354 g/mol. The largest absolute Gasteiger partial charge is 0.341 e. The molecular formula is C20H26N4O2. The normalized spacial score (nSPS) is 18.7. The van der Waals surface area contributed by atoms with Crippen LogP contribution in [-0.4, -0.2) is 57.3 Å². The van der Waals surface area contributed by atoms with Gasteiger partial charge in [-0.1, -0.05) is 12.5 Å². The number of aryl methyl sites for hydroxylation is 1. The van der Waals surface area contributed by atoms with Crippen LogP contribution >= 0.6 is 0 Å². The van der Waals surface area contributed by atoms with E-state index in [1.807, 2.05) is 39.6 Å². The summed E-state index contributed by atoms with van der Waals surface area (Å²) in [6.45, 7) is 2.82. The van der Waals surface area contributed by atoms with Crippen molar-refractivity contribution in [3.63, 3.8) is 0 Å². The van der Waals surface area contributed by atoms with Gasteiger partial charge in [0.05, 0.1) is 23.8 Å². The Kier molecular flexibility index (Phi) is 4.66. The number of carbonyl (C=O) groups excluding carboxylic acids is 2. The first-order valence-corrected chi connectivity index (χ1v) is 9.58. The summed E-state index contributed by atoms with van der Waals surface area (Å²) in [4.78, 5) is 33.4. The molecule has 1 aromatic carbocycles. The van der Waals surface area contributed by atoms with Crippen LogP contribution in [-0.2, 0) is 23.1 Å². The summed E-state index contributed by atoms with van der Waals surface area (Å²) in [6, 6.07) is 6.02. The maximum atomic E-state index is 12.7. The predicted molar refractivity (Wildman–Crippen MR) is 99.5 cm³/mol. The SMILES string of the molecule is Cn1cnc2cc(CC(=O)N3CCCN(C(=O)C4CCC4)CC3)ccc21. The lowest BCUT2D eigenvalue weighted by atomic mass is 9.84. The number of aromatic nitrogens is 2. The van der Waals surface area contributed by atoms with Gasteiger partial charge in [0.15, 0.2) is 0 Å². The van der Waals surface area contributed by atoms with E-state index >= 15 is 0 Å². The number of nitrogens with zero attached hydrogens (tertiary/aromatic N) is 4. The van der Waals surface area contributed by atoms with E-state index in [9.17, 15) is 9.59 Å². The molecule has 2 heterocycles. The van der Waals surface area contributed by atoms with Gasteiger partial charge in [-0.05, 0) is 37.0 Å². The zero-order valence-corrected chi connectivity index (χ0v) is 15.4. The van der Waals surface area contributed by atoms with Gasteiger partial charge >= 0.3 is 0 Å². The Morgan fingerprint density at radius 3 is 2.62 bits per heavy atom. The van der Waals surface area contributed by atoms with Crippen molar-refractivity contribution in [1.29, 1.82) is 0 Å². The number of rotatable bonds is 3. The van der Waals surface area contributed by atoms with Gasteiger partial charge in [-0.15, -0.1) is 0 Å². The Bertz CT molecular complexity index is 824. The second-order valence-corrected chi connectivity index (χ2v) is 7.54. The fourth-order valence-electron chi connectivity index (χ4n) is 3.88. The Balaban J connectivity index is 1.37. The Morgan fingerprint density at radius 2 is 1.85 bits per heavy atom. The molecule has 0 unspecified atom stereocenters. The zero-order chi connectivity index (χ0) is 18.1. The molecule has 1 saturated carbocycles. The fraction of sp³-hybridized carbons (Fsp3) is 0.550. The van der Waals surface area contributed by atoms with E-state index in [0.717, 1.165) is 48.9 Å². The van der Waals surface area contributed by atoms with Crippen LogP contribution in [0.2, 0.25) is 0 Å². The molecule has 1 aliphatic carbocycles. The van der Waals surface area contributed by atoms with Gasteiger partial charge in [-0.3, -0.25) is 9.59 Å². The quantitative estimate of drug-likeness (QED) is 0.847. The molecule has 1 aromatic heterocycles. The van der Waals surface area contributed by atoms with Gasteiger partial charge in [-0.2, -0.15) is 0 Å². The van der Waals surface area contributed by atoms with Crippen LogP contribution in [0.1, 0.15) is 31.2 Å². The van der Waals surface area contributed by atoms with Gasteiger partial charge in [0.25, 0.3) is 0 Å². The lowest BCUT2D eigenvalue weighted by Crippen LogP contribution is -2.41. The average molecular weight is 354 g/mol. The smallest absolute Gasteiger partial charge is 0.227 e. The van der Waals surface area contributed by atoms with E-state index < -0.39 is 0 Å². The van der Waals surface area contributed by atoms with Crippen LogP contribution in [0.25, 0.3) is 11.0 Å². The molecule has 2 amide bonds. The third kappa shape index (κ3) is 3.32. The van der Waals surface area contributed by atoms with Gasteiger partial charge < -0.3 is 14.4 Å². The van der Waals surface area contributed by atoms with Crippen LogP contribution in [0.5, 0.6) is 0 Å². The van der Waals surface area contributed by atoms with Crippen molar-refractivity contribution in [1.82, 2.24) is 19.4 Å². The number of carbonyl (C=O) groups is 2. The molecule has 2 aromatic rings. The molecule has 1 saturated heterocycles. The Labute approximate surface area is 153 Å². The minimum Gasteiger partial charge on any atom is -0.341 e. The number of hydrogen-bond acceptors (Lipinski definition) is 3. The van der Waals surface area contributed by atoms with E-state index in [0.29, 0.717) is 25.4 Å². The Morgan fingerprint density at radius 1 is 1.08 bits per heavy atom. The molecule has 0 N–H and O–H groups in total. The first-order chi connectivity index (χ1) is 12.6. The third-order valence-electron chi connectivity index (χ3n) is 5.76. The standard InChI is InChI=1S/C20H26N4O2/c1-22-14-21-17-12-15(6-7-18(17)22)13-19(25)23-8-3-9-24(11-10-23)20(26)16-4-2-5-16/h6-7,12,14,16H,2-5,8-11,13H2,1H3. The second kappa shape index (κ2) is 7.09. The third-order valence-corrected chi connectivity index (χ3v) is 5.76. The molecule has 6 nitrogen and oxygen atoms in total. The first kappa shape index (κ1) is 17.1. The van der Waals surface area contributed by atoms with Crippen molar-refractivity contribution in [2.24, 2.45) is 13.0 Å². The van der Waals surface area contributed by atoms with E-state index in [4.69, 9.17) is 0 Å². The van der Waals surface area contributed by atoms with Gasteiger partial charge in [0.1, 0.15) is 0 Å². The highest BCUT2D eigenvalue weighted by atomic mass is 16.2. The molecule has 0 radical (unpaired) electrons. The van der Waals surface area contributed by atoms with Crippen LogP contribution in [0.3, 0.4) is 0 Å². The summed E-state index contributed by atoms with van der Waals surface area (Å²) in [6.07, 6.45) is 6.29. The van der Waals surface area contributed by atoms with E-state index in [1.165, 1.54) is 6.42 Å². The molecule has 0 bridgehead atoms. The van der Waals surface area contributed by atoms with Gasteiger partial charge in [0, 0.05) is 39.1 Å². The molecule has 2 aliphatic rings. The minimum absolute atomic E-state index is 0.137. The lowest BCUT2D eigenvalue weighted by molar-refractivity contribution is -0.138. The number of benzene rings is 1. The van der Waals surface area contributed by atoms with Crippen molar-refractivity contribution < 1.29 is 9.59 Å². The summed E-state index contributed by atoms with van der Waals surface area (Å²) in [5, 5.41) is 0. The summed E-state index contributed by atoms with van der Waals surface area (Å²) in [5.41, 5.74) is 2.99. The number of fused-ring (bicyclic) bond motifs is 1. The number of amides is 2. The fourth-order valence-corrected chi connectivity index (χ4v) is 3.88. The highest BCUT2D eigenvalue weighted by molar-refractivity contribution is 5.82. The molecule has 1 aliphatic heterocycles. The highest BCUT2D eigenvalue weighted by Crippen LogP contribution is 2.28. The first-order valence-electron chi connectivity index (χ1n) is 9.58. The molecule has 4 rings (SSSR count). The van der Waals surface area contributed by atoms with Gasteiger partial charge in [-0.25, -0.2) is 4.98 Å². The number of hydrogen-bond donors (Lipinski definition) is 0. The summed E-state index contributed by atoms with van der Waals surface area (Å²) >= 11 is 0. The van der Waals surface area contributed by atoms with Crippen molar-refractivity contribution in [3.8, 4) is 0 Å². The molecule has 2 fully saturated rings. The van der Waals surface area contributed by atoms with Crippen molar-refractivity contribution in [3.05, 3.63) is 30.1 Å². The summed E-state index contributed by atoms with van der Waals surface area (Å²) in [7, 11) is 1.97. The van der Waals surface area contributed by atoms with E-state index in [2.05, 4.69) is 4.98 Å². The van der Waals surface area contributed by atoms with E-state index in [1.54, 1.807) is 6.33 Å². The second-order valence-electron chi connectivity index (χ2n) is 7.54. The van der Waals surface area contributed by atoms with Crippen LogP contribution in [0.15, 0.2) is 24.5 Å². The molecular weight excluding hydrogens is 328 g/mol. The molecule has 6 heteroatoms. The molecule has 0 spiro atoms. The predicted octanol–water partition coefficient (Wildman–Crippen LogP) is 1.98. The number of imidazole rings is 1. The lowest BCUT2D eigenvalue weighted by Gasteiger charge is -2.31. The van der Waals surface area contributed by atoms with Crippen LogP contribution < -0.4 is 0 Å². The molecule has 26 heavy (non-hydrogen) atoms. The van der Waals surface area contributed by atoms with E-state index in [-0.39, 0.29) is 11.8 Å². The van der Waals surface area contributed by atoms with Crippen LogP contribution in [0.4, 0.5) is 0 Å². The zero-order valence-electron chi connectivity index (χ0n) is 15.4. The molecule has 138 valence electrons. The Hall–Kier alpha value is -2.37.